The van der Waals surface area contributed by atoms with E-state index >= 15 is 0 Å². The number of aromatic nitrogens is 1. The van der Waals surface area contributed by atoms with Gasteiger partial charge in [-0.3, -0.25) is 15.5 Å². The van der Waals surface area contributed by atoms with Crippen molar-refractivity contribution in [2.24, 2.45) is 15.3 Å². The van der Waals surface area contributed by atoms with E-state index in [2.05, 4.69) is 25.7 Å². The largest absolute Gasteiger partial charge is 0.276 e. The van der Waals surface area contributed by atoms with Crippen molar-refractivity contribution in [2.75, 3.05) is 5.43 Å². The fourth-order valence-corrected chi connectivity index (χ4v) is 2.66. The number of rotatable bonds is 4. The smallest absolute Gasteiger partial charge is 0.271 e. The van der Waals surface area contributed by atoms with E-state index in [4.69, 9.17) is 0 Å². The lowest BCUT2D eigenvalue weighted by molar-refractivity contribution is -0.384. The number of nitrogens with one attached hydrogen (secondary N) is 1. The molecule has 0 unspecified atom stereocenters. The predicted molar refractivity (Wildman–Crippen MR) is 94.0 cm³/mol. The predicted octanol–water partition coefficient (Wildman–Crippen LogP) is 4.73. The number of nitro groups is 1. The molecule has 9 heteroatoms. The highest BCUT2D eigenvalue weighted by Gasteiger charge is 2.05. The molecule has 0 bridgehead atoms. The fourth-order valence-electron chi connectivity index (χ4n) is 1.87. The Morgan fingerprint density at radius 2 is 2.08 bits per heavy atom. The van der Waals surface area contributed by atoms with Crippen molar-refractivity contribution in [3.05, 3.63) is 58.6 Å². The molecular weight excluding hydrogens is 328 g/mol. The number of anilines is 1. The van der Waals surface area contributed by atoms with Crippen LogP contribution < -0.4 is 5.43 Å². The Labute approximate surface area is 140 Å². The molecule has 8 nitrogen and oxygen atoms in total. The summed E-state index contributed by atoms with van der Waals surface area (Å²) in [6.07, 6.45) is 0. The molecule has 0 atom stereocenters. The van der Waals surface area contributed by atoms with E-state index in [1.807, 2.05) is 24.3 Å². The van der Waals surface area contributed by atoms with Gasteiger partial charge in [-0.2, -0.15) is 5.10 Å². The van der Waals surface area contributed by atoms with Crippen molar-refractivity contribution >= 4 is 43.9 Å². The summed E-state index contributed by atoms with van der Waals surface area (Å²) in [5.74, 6) is 0.376. The number of amidine groups is 1. The van der Waals surface area contributed by atoms with Gasteiger partial charge in [-0.15, -0.1) is 10.2 Å². The van der Waals surface area contributed by atoms with Gasteiger partial charge >= 0.3 is 0 Å². The van der Waals surface area contributed by atoms with Gasteiger partial charge in [0.15, 0.2) is 5.84 Å². The first kappa shape index (κ1) is 15.7. The van der Waals surface area contributed by atoms with Crippen LogP contribution in [-0.2, 0) is 0 Å². The summed E-state index contributed by atoms with van der Waals surface area (Å²) in [7, 11) is 0. The number of nitrogens with zero attached hydrogens (tertiary/aromatic N) is 5. The lowest BCUT2D eigenvalue weighted by atomic mass is 10.3. The van der Waals surface area contributed by atoms with E-state index < -0.39 is 4.92 Å². The first-order valence-electron chi connectivity index (χ1n) is 6.94. The summed E-state index contributed by atoms with van der Waals surface area (Å²) in [6, 6.07) is 13.8. The molecule has 0 saturated carbocycles. The van der Waals surface area contributed by atoms with Crippen LogP contribution >= 0.6 is 11.3 Å². The fraction of sp³-hybridized carbons (Fsp3) is 0.0667. The zero-order valence-electron chi connectivity index (χ0n) is 12.6. The van der Waals surface area contributed by atoms with Gasteiger partial charge in [-0.05, 0) is 25.1 Å². The van der Waals surface area contributed by atoms with Gasteiger partial charge in [-0.25, -0.2) is 4.98 Å². The number of hydrogen-bond donors (Lipinski definition) is 1. The quantitative estimate of drug-likeness (QED) is 0.243. The van der Waals surface area contributed by atoms with Crippen LogP contribution in [-0.4, -0.2) is 15.7 Å². The third kappa shape index (κ3) is 3.76. The maximum Gasteiger partial charge on any atom is 0.271 e. The molecule has 0 radical (unpaired) electrons. The highest BCUT2D eigenvalue weighted by Crippen LogP contribution is 2.27. The zero-order valence-corrected chi connectivity index (χ0v) is 13.4. The van der Waals surface area contributed by atoms with Crippen molar-refractivity contribution in [1.29, 1.82) is 0 Å². The van der Waals surface area contributed by atoms with E-state index in [-0.39, 0.29) is 5.69 Å². The van der Waals surface area contributed by atoms with Crippen molar-refractivity contribution in [3.8, 4) is 0 Å². The minimum atomic E-state index is -0.464. The van der Waals surface area contributed by atoms with Gasteiger partial charge in [-0.1, -0.05) is 29.5 Å². The monoisotopic (exact) mass is 340 g/mol. The van der Waals surface area contributed by atoms with Crippen LogP contribution in [0.1, 0.15) is 6.92 Å². The molecule has 0 aliphatic rings. The second-order valence-corrected chi connectivity index (χ2v) is 5.75. The molecule has 2 aromatic carbocycles. The van der Waals surface area contributed by atoms with Crippen molar-refractivity contribution < 1.29 is 4.92 Å². The molecule has 3 rings (SSSR count). The van der Waals surface area contributed by atoms with Crippen LogP contribution in [0.15, 0.2) is 63.9 Å². The average molecular weight is 340 g/mol. The Balaban J connectivity index is 1.69. The molecule has 0 amide bonds. The highest BCUT2D eigenvalue weighted by molar-refractivity contribution is 7.21. The van der Waals surface area contributed by atoms with Crippen molar-refractivity contribution in [3.63, 3.8) is 0 Å². The number of azo groups is 1. The zero-order chi connectivity index (χ0) is 16.9. The molecule has 1 aromatic heterocycles. The molecule has 120 valence electrons. The maximum absolute atomic E-state index is 10.7. The molecule has 1 heterocycles. The first-order valence-corrected chi connectivity index (χ1v) is 7.75. The molecule has 0 aliphatic carbocycles. The van der Waals surface area contributed by atoms with Gasteiger partial charge < -0.3 is 0 Å². The van der Waals surface area contributed by atoms with Gasteiger partial charge in [0.2, 0.25) is 5.13 Å². The van der Waals surface area contributed by atoms with Crippen LogP contribution in [0.4, 0.5) is 16.5 Å². The Hall–Kier alpha value is -3.20. The lowest BCUT2D eigenvalue weighted by Gasteiger charge is -1.99. The Bertz CT molecular complexity index is 917. The standard InChI is InChI=1S/C15H12N6O2S/c1-10(17-19-11-5-4-6-12(9-11)21(22)23)18-20-15-16-13-7-2-3-8-14(13)24-15/h2-9,19H,1H3/b17-10-,20-18?. The Morgan fingerprint density at radius 1 is 1.25 bits per heavy atom. The van der Waals surface area contributed by atoms with Crippen molar-refractivity contribution in [1.82, 2.24) is 4.98 Å². The third-order valence-electron chi connectivity index (χ3n) is 2.97. The number of benzene rings is 2. The topological polar surface area (TPSA) is 105 Å². The lowest BCUT2D eigenvalue weighted by Crippen LogP contribution is -1.95. The van der Waals surface area contributed by atoms with Crippen LogP contribution in [0.2, 0.25) is 0 Å². The summed E-state index contributed by atoms with van der Waals surface area (Å²) in [4.78, 5) is 14.6. The second kappa shape index (κ2) is 6.92. The number of nitro benzene ring substituents is 1. The summed E-state index contributed by atoms with van der Waals surface area (Å²) < 4.78 is 1.04. The SMILES string of the molecule is C/C(N=Nc1nc2ccccc2s1)=N/Nc1cccc([N+](=O)[O-])c1. The number of para-hydroxylation sites is 1. The number of non-ortho nitro benzene ring substituents is 1. The van der Waals surface area contributed by atoms with Crippen LogP contribution in [0.3, 0.4) is 0 Å². The number of thiazole rings is 1. The van der Waals surface area contributed by atoms with Crippen molar-refractivity contribution in [2.45, 2.75) is 6.92 Å². The summed E-state index contributed by atoms with van der Waals surface area (Å²) in [5, 5.41) is 23.3. The highest BCUT2D eigenvalue weighted by atomic mass is 32.1. The number of hydrazone groups is 1. The molecule has 0 fully saturated rings. The number of fused-ring (bicyclic) bond motifs is 1. The van der Waals surface area contributed by atoms with Gasteiger partial charge in [0, 0.05) is 12.1 Å². The molecule has 0 aliphatic heterocycles. The minimum Gasteiger partial charge on any atom is -0.276 e. The first-order chi connectivity index (χ1) is 11.6. The minimum absolute atomic E-state index is 0.0102. The normalized spacial score (nSPS) is 12.0. The van der Waals surface area contributed by atoms with E-state index in [1.54, 1.807) is 19.1 Å². The van der Waals surface area contributed by atoms with E-state index in [1.165, 1.54) is 23.5 Å². The van der Waals surface area contributed by atoms with Gasteiger partial charge in [0.25, 0.3) is 5.69 Å². The second-order valence-electron chi connectivity index (χ2n) is 4.74. The molecule has 3 aromatic rings. The molecular formula is C15H12N6O2S. The Kier molecular flexibility index (Phi) is 4.52. The molecule has 24 heavy (non-hydrogen) atoms. The summed E-state index contributed by atoms with van der Waals surface area (Å²) >= 11 is 1.44. The molecule has 1 N–H and O–H groups in total. The average Bonchev–Trinajstić information content (AvgIpc) is 3.01. The van der Waals surface area contributed by atoms with Crippen LogP contribution in [0, 0.1) is 10.1 Å². The van der Waals surface area contributed by atoms with Crippen LogP contribution in [0.25, 0.3) is 10.2 Å². The molecule has 0 saturated heterocycles. The number of hydrogen-bond acceptors (Lipinski definition) is 7. The Morgan fingerprint density at radius 3 is 2.88 bits per heavy atom. The third-order valence-corrected chi connectivity index (χ3v) is 3.89. The summed E-state index contributed by atoms with van der Waals surface area (Å²) in [5.41, 5.74) is 4.08. The van der Waals surface area contributed by atoms with Crippen LogP contribution in [0.5, 0.6) is 0 Å². The van der Waals surface area contributed by atoms with E-state index in [0.717, 1.165) is 10.2 Å². The molecule has 0 spiro atoms. The summed E-state index contributed by atoms with van der Waals surface area (Å²) in [6.45, 7) is 1.67. The maximum atomic E-state index is 10.7. The van der Waals surface area contributed by atoms with E-state index in [0.29, 0.717) is 16.7 Å². The van der Waals surface area contributed by atoms with E-state index in [9.17, 15) is 10.1 Å². The van der Waals surface area contributed by atoms with Gasteiger partial charge in [0.05, 0.1) is 20.8 Å². The van der Waals surface area contributed by atoms with Gasteiger partial charge in [0.1, 0.15) is 0 Å².